The summed E-state index contributed by atoms with van der Waals surface area (Å²) in [6.45, 7) is 6.83. The Kier molecular flexibility index (Phi) is 7.03. The Morgan fingerprint density at radius 3 is 2.58 bits per heavy atom. The van der Waals surface area contributed by atoms with Gasteiger partial charge < -0.3 is 14.0 Å². The van der Waals surface area contributed by atoms with Crippen LogP contribution >= 0.6 is 0 Å². The van der Waals surface area contributed by atoms with Crippen LogP contribution in [0.25, 0.3) is 11.3 Å². The second-order valence-corrected chi connectivity index (χ2v) is 9.29. The topological polar surface area (TPSA) is 140 Å². The zero-order valence-corrected chi connectivity index (χ0v) is 22.3. The molecule has 0 bridgehead atoms. The van der Waals surface area contributed by atoms with Gasteiger partial charge in [-0.15, -0.1) is 0 Å². The maximum Gasteiger partial charge on any atom is 0.338 e. The number of ether oxygens (including phenoxy) is 2. The zero-order valence-electron chi connectivity index (χ0n) is 22.3. The fourth-order valence-electron chi connectivity index (χ4n) is 4.93. The molecule has 3 heterocycles. The lowest BCUT2D eigenvalue weighted by molar-refractivity contribution is -0.385. The minimum Gasteiger partial charge on any atom is -0.463 e. The lowest BCUT2D eigenvalue weighted by Crippen LogP contribution is -2.34. The smallest absolute Gasteiger partial charge is 0.338 e. The van der Waals surface area contributed by atoms with Gasteiger partial charge >= 0.3 is 5.97 Å². The van der Waals surface area contributed by atoms with Gasteiger partial charge in [-0.05, 0) is 33.3 Å². The Labute approximate surface area is 228 Å². The highest BCUT2D eigenvalue weighted by Crippen LogP contribution is 2.41. The van der Waals surface area contributed by atoms with Gasteiger partial charge in [-0.1, -0.05) is 47.6 Å². The monoisotopic (exact) mass is 542 g/mol. The van der Waals surface area contributed by atoms with Gasteiger partial charge in [0.25, 0.3) is 11.2 Å². The Bertz CT molecular complexity index is 1720. The normalized spacial score (nSPS) is 14.4. The van der Waals surface area contributed by atoms with Crippen LogP contribution in [0.15, 0.2) is 75.2 Å². The second-order valence-electron chi connectivity index (χ2n) is 9.29. The van der Waals surface area contributed by atoms with Gasteiger partial charge in [0.05, 0.1) is 35.1 Å². The van der Waals surface area contributed by atoms with Crippen molar-refractivity contribution in [2.24, 2.45) is 0 Å². The molecule has 2 aromatic heterocycles. The van der Waals surface area contributed by atoms with Crippen LogP contribution in [0.1, 0.15) is 48.0 Å². The molecule has 0 N–H and O–H groups in total. The number of aromatic nitrogens is 3. The van der Waals surface area contributed by atoms with Crippen molar-refractivity contribution in [3.05, 3.63) is 115 Å². The molecule has 5 rings (SSSR count). The number of fused-ring (bicyclic) bond motifs is 1. The summed E-state index contributed by atoms with van der Waals surface area (Å²) in [6, 6.07) is 15.5. The molecule has 204 valence electrons. The van der Waals surface area contributed by atoms with Gasteiger partial charge in [-0.25, -0.2) is 4.79 Å². The molecule has 0 spiro atoms. The molecule has 0 saturated carbocycles. The van der Waals surface area contributed by atoms with Crippen LogP contribution in [0.2, 0.25) is 0 Å². The number of esters is 1. The van der Waals surface area contributed by atoms with Crippen LogP contribution in [-0.4, -0.2) is 32.2 Å². The molecular formula is C29H26N4O7. The minimum absolute atomic E-state index is 0.00906. The highest BCUT2D eigenvalue weighted by molar-refractivity contribution is 5.92. The number of allylic oxidation sites excluding steroid dienone is 1. The number of hydrogen-bond acceptors (Lipinski definition) is 9. The molecule has 0 aliphatic carbocycles. The zero-order chi connectivity index (χ0) is 28.6. The van der Waals surface area contributed by atoms with E-state index >= 15 is 0 Å². The summed E-state index contributed by atoms with van der Waals surface area (Å²) in [6.07, 6.45) is 0. The minimum atomic E-state index is -0.756. The fourth-order valence-corrected chi connectivity index (χ4v) is 4.93. The molecule has 0 amide bonds. The Hall–Kier alpha value is -5.06. The first-order valence-electron chi connectivity index (χ1n) is 12.6. The summed E-state index contributed by atoms with van der Waals surface area (Å²) in [5.74, 6) is -0.169. The number of nitro benzene ring substituents is 1. The Morgan fingerprint density at radius 2 is 1.88 bits per heavy atom. The number of benzene rings is 2. The third-order valence-corrected chi connectivity index (χ3v) is 6.85. The van der Waals surface area contributed by atoms with Crippen molar-refractivity contribution in [2.75, 3.05) is 6.61 Å². The number of carbonyl (C=O) groups is 1. The van der Waals surface area contributed by atoms with Crippen LogP contribution in [0.5, 0.6) is 5.88 Å². The number of aryl methyl sites for hydroxylation is 1. The maximum absolute atomic E-state index is 14.0. The first-order chi connectivity index (χ1) is 19.2. The van der Waals surface area contributed by atoms with Crippen LogP contribution < -0.4 is 10.3 Å². The van der Waals surface area contributed by atoms with Crippen LogP contribution in [0.3, 0.4) is 0 Å². The van der Waals surface area contributed by atoms with Gasteiger partial charge in [0.2, 0.25) is 5.88 Å². The first-order valence-corrected chi connectivity index (χ1v) is 12.6. The average Bonchev–Trinajstić information content (AvgIpc) is 3.39. The molecular weight excluding hydrogens is 516 g/mol. The second kappa shape index (κ2) is 10.6. The fraction of sp³-hybridized carbons (Fsp3) is 0.241. The van der Waals surface area contributed by atoms with Gasteiger partial charge in [0, 0.05) is 23.3 Å². The molecule has 4 aromatic rings. The van der Waals surface area contributed by atoms with Crippen molar-refractivity contribution in [3.8, 4) is 17.1 Å². The highest BCUT2D eigenvalue weighted by Gasteiger charge is 2.38. The Balaban J connectivity index is 1.59. The van der Waals surface area contributed by atoms with Gasteiger partial charge in [-0.2, -0.15) is 4.98 Å². The summed E-state index contributed by atoms with van der Waals surface area (Å²) in [4.78, 5) is 42.6. The number of hydrogen-bond donors (Lipinski definition) is 0. The van der Waals surface area contributed by atoms with Crippen molar-refractivity contribution in [2.45, 2.75) is 40.2 Å². The van der Waals surface area contributed by atoms with Crippen LogP contribution in [0.4, 0.5) is 5.69 Å². The first kappa shape index (κ1) is 26.5. The predicted octanol–water partition coefficient (Wildman–Crippen LogP) is 4.83. The maximum atomic E-state index is 14.0. The summed E-state index contributed by atoms with van der Waals surface area (Å²) >= 11 is 0. The quantitative estimate of drug-likeness (QED) is 0.182. The third-order valence-electron chi connectivity index (χ3n) is 6.85. The van der Waals surface area contributed by atoms with E-state index in [1.807, 2.05) is 30.3 Å². The molecule has 40 heavy (non-hydrogen) atoms. The lowest BCUT2D eigenvalue weighted by atomic mass is 9.83. The van der Waals surface area contributed by atoms with E-state index in [0.717, 1.165) is 0 Å². The van der Waals surface area contributed by atoms with Crippen LogP contribution in [-0.2, 0) is 16.1 Å². The molecule has 2 aromatic carbocycles. The van der Waals surface area contributed by atoms with Gasteiger partial charge in [-0.3, -0.25) is 19.5 Å². The molecule has 11 heteroatoms. The van der Waals surface area contributed by atoms with E-state index < -0.39 is 22.4 Å². The molecule has 1 atom stereocenters. The van der Waals surface area contributed by atoms with E-state index in [9.17, 15) is 19.7 Å². The van der Waals surface area contributed by atoms with E-state index in [1.54, 1.807) is 45.9 Å². The highest BCUT2D eigenvalue weighted by atomic mass is 16.6. The number of rotatable bonds is 7. The standard InChI is InChI=1S/C29H26N4O7/c1-5-38-29(35)24-17(3)39-27-26(25(24)19-10-7-6-8-11-19)28(34)32(18(4)30-27)15-20-14-22(31-40-20)21-12-9-13-23(16(21)2)33(36)37/h6-14,25H,5,15H2,1-4H3. The van der Waals surface area contributed by atoms with E-state index in [2.05, 4.69) is 10.1 Å². The van der Waals surface area contributed by atoms with E-state index in [0.29, 0.717) is 39.7 Å². The SMILES string of the molecule is CCOC(=O)C1=C(C)Oc2nc(C)n(Cc3cc(-c4cccc([N+](=O)[O-])c4C)no3)c(=O)c2C1c1ccccc1. The summed E-state index contributed by atoms with van der Waals surface area (Å²) in [7, 11) is 0. The van der Waals surface area contributed by atoms with E-state index in [1.165, 1.54) is 10.6 Å². The lowest BCUT2D eigenvalue weighted by Gasteiger charge is -2.28. The molecule has 0 saturated heterocycles. The summed E-state index contributed by atoms with van der Waals surface area (Å²) in [5, 5.41) is 15.5. The molecule has 1 aliphatic rings. The van der Waals surface area contributed by atoms with Gasteiger partial charge in [0.1, 0.15) is 17.3 Å². The predicted molar refractivity (Wildman–Crippen MR) is 144 cm³/mol. The molecule has 1 aliphatic heterocycles. The summed E-state index contributed by atoms with van der Waals surface area (Å²) in [5.41, 5.74) is 2.13. The van der Waals surface area contributed by atoms with E-state index in [4.69, 9.17) is 14.0 Å². The Morgan fingerprint density at radius 1 is 1.12 bits per heavy atom. The number of carbonyl (C=O) groups excluding carboxylic acids is 1. The van der Waals surface area contributed by atoms with Crippen LogP contribution in [0, 0.1) is 24.0 Å². The third kappa shape index (κ3) is 4.66. The molecule has 0 radical (unpaired) electrons. The number of nitro groups is 1. The van der Waals surface area contributed by atoms with Crippen molar-refractivity contribution in [1.29, 1.82) is 0 Å². The molecule has 11 nitrogen and oxygen atoms in total. The summed E-state index contributed by atoms with van der Waals surface area (Å²) < 4.78 is 18.2. The number of nitrogens with zero attached hydrogens (tertiary/aromatic N) is 4. The molecule has 1 unspecified atom stereocenters. The largest absolute Gasteiger partial charge is 0.463 e. The van der Waals surface area contributed by atoms with Crippen molar-refractivity contribution < 1.29 is 23.7 Å². The van der Waals surface area contributed by atoms with Gasteiger partial charge in [0.15, 0.2) is 5.76 Å². The van der Waals surface area contributed by atoms with Crippen molar-refractivity contribution in [3.63, 3.8) is 0 Å². The average molecular weight is 543 g/mol. The van der Waals surface area contributed by atoms with Crippen molar-refractivity contribution in [1.82, 2.24) is 14.7 Å². The molecule has 0 fully saturated rings. The van der Waals surface area contributed by atoms with Crippen molar-refractivity contribution >= 4 is 11.7 Å². The van der Waals surface area contributed by atoms with E-state index in [-0.39, 0.29) is 35.9 Å².